The molecule has 0 aliphatic heterocycles. The lowest BCUT2D eigenvalue weighted by Crippen LogP contribution is -2.34. The number of ether oxygens (including phenoxy) is 1. The number of nitrogens with zero attached hydrogens (tertiary/aromatic N) is 1. The van der Waals surface area contributed by atoms with Crippen molar-refractivity contribution >= 4 is 17.6 Å². The highest BCUT2D eigenvalue weighted by Gasteiger charge is 2.09. The van der Waals surface area contributed by atoms with E-state index in [1.807, 2.05) is 13.8 Å². The predicted octanol–water partition coefficient (Wildman–Crippen LogP) is 2.42. The normalized spacial score (nSPS) is 10.2. The van der Waals surface area contributed by atoms with Crippen LogP contribution in [0.4, 0.5) is 0 Å². The van der Waals surface area contributed by atoms with Gasteiger partial charge in [0.15, 0.2) is 5.78 Å². The first-order chi connectivity index (χ1) is 12.0. The van der Waals surface area contributed by atoms with E-state index in [4.69, 9.17) is 4.74 Å². The number of ketones is 1. The van der Waals surface area contributed by atoms with E-state index in [1.165, 1.54) is 6.92 Å². The third kappa shape index (κ3) is 7.83. The third-order valence-electron chi connectivity index (χ3n) is 3.83. The fourth-order valence-electron chi connectivity index (χ4n) is 2.36. The fraction of sp³-hybridized carbons (Fsp3) is 0.526. The van der Waals surface area contributed by atoms with Gasteiger partial charge in [0.25, 0.3) is 0 Å². The zero-order valence-corrected chi connectivity index (χ0v) is 15.3. The second kappa shape index (κ2) is 11.2. The summed E-state index contributed by atoms with van der Waals surface area (Å²) in [7, 11) is 0. The first-order valence-corrected chi connectivity index (χ1v) is 8.76. The number of hydrogen-bond donors (Lipinski definition) is 1. The van der Waals surface area contributed by atoms with Gasteiger partial charge in [0.2, 0.25) is 11.8 Å². The van der Waals surface area contributed by atoms with Crippen molar-refractivity contribution in [3.63, 3.8) is 0 Å². The maximum Gasteiger partial charge on any atom is 0.224 e. The van der Waals surface area contributed by atoms with Gasteiger partial charge >= 0.3 is 0 Å². The standard InChI is InChI=1S/C19H28N2O4/c1-4-21(5-2)19(24)11-12-20-18(23)10-7-13-25-17-9-6-8-16(14-17)15(3)22/h6,8-9,14H,4-5,7,10-13H2,1-3H3,(H,20,23). The molecule has 0 atom stereocenters. The van der Waals surface area contributed by atoms with Crippen LogP contribution in [-0.2, 0) is 9.59 Å². The van der Waals surface area contributed by atoms with E-state index < -0.39 is 0 Å². The molecular weight excluding hydrogens is 320 g/mol. The van der Waals surface area contributed by atoms with Crippen LogP contribution in [0.3, 0.4) is 0 Å². The molecule has 6 nitrogen and oxygen atoms in total. The minimum Gasteiger partial charge on any atom is -0.494 e. The van der Waals surface area contributed by atoms with Crippen molar-refractivity contribution in [3.05, 3.63) is 29.8 Å². The zero-order chi connectivity index (χ0) is 18.7. The van der Waals surface area contributed by atoms with Gasteiger partial charge in [0.1, 0.15) is 5.75 Å². The van der Waals surface area contributed by atoms with E-state index in [1.54, 1.807) is 29.2 Å². The van der Waals surface area contributed by atoms with Gasteiger partial charge in [-0.3, -0.25) is 14.4 Å². The van der Waals surface area contributed by atoms with Crippen LogP contribution >= 0.6 is 0 Å². The molecule has 0 aliphatic carbocycles. The molecule has 0 unspecified atom stereocenters. The molecule has 1 aromatic carbocycles. The third-order valence-corrected chi connectivity index (χ3v) is 3.83. The number of carbonyl (C=O) groups excluding carboxylic acids is 3. The van der Waals surface area contributed by atoms with Gasteiger partial charge in [-0.2, -0.15) is 0 Å². The average Bonchev–Trinajstić information content (AvgIpc) is 2.60. The van der Waals surface area contributed by atoms with Crippen LogP contribution in [-0.4, -0.2) is 48.7 Å². The Morgan fingerprint density at radius 3 is 2.48 bits per heavy atom. The highest BCUT2D eigenvalue weighted by atomic mass is 16.5. The van der Waals surface area contributed by atoms with Crippen LogP contribution in [0.5, 0.6) is 5.75 Å². The van der Waals surface area contributed by atoms with Crippen LogP contribution in [0.1, 0.15) is 50.4 Å². The second-order valence-corrected chi connectivity index (χ2v) is 5.70. The summed E-state index contributed by atoms with van der Waals surface area (Å²) in [6.45, 7) is 7.51. The molecule has 25 heavy (non-hydrogen) atoms. The maximum atomic E-state index is 11.8. The van der Waals surface area contributed by atoms with Crippen molar-refractivity contribution in [1.82, 2.24) is 10.2 Å². The van der Waals surface area contributed by atoms with E-state index in [9.17, 15) is 14.4 Å². The molecule has 2 amide bonds. The van der Waals surface area contributed by atoms with Crippen LogP contribution in [0.15, 0.2) is 24.3 Å². The van der Waals surface area contributed by atoms with Gasteiger partial charge in [-0.15, -0.1) is 0 Å². The van der Waals surface area contributed by atoms with Crippen LogP contribution in [0.2, 0.25) is 0 Å². The van der Waals surface area contributed by atoms with Crippen molar-refractivity contribution in [2.75, 3.05) is 26.2 Å². The summed E-state index contributed by atoms with van der Waals surface area (Å²) in [4.78, 5) is 36.6. The molecule has 138 valence electrons. The lowest BCUT2D eigenvalue weighted by molar-refractivity contribution is -0.130. The number of nitrogens with one attached hydrogen (secondary N) is 1. The quantitative estimate of drug-likeness (QED) is 0.492. The van der Waals surface area contributed by atoms with Crippen molar-refractivity contribution in [3.8, 4) is 5.75 Å². The Hall–Kier alpha value is -2.37. The summed E-state index contributed by atoms with van der Waals surface area (Å²) >= 11 is 0. The van der Waals surface area contributed by atoms with Crippen LogP contribution in [0, 0.1) is 0 Å². The molecule has 0 aliphatic rings. The number of benzene rings is 1. The molecule has 0 heterocycles. The highest BCUT2D eigenvalue weighted by Crippen LogP contribution is 2.14. The Morgan fingerprint density at radius 1 is 1.12 bits per heavy atom. The van der Waals surface area contributed by atoms with E-state index >= 15 is 0 Å². The monoisotopic (exact) mass is 348 g/mol. The fourth-order valence-corrected chi connectivity index (χ4v) is 2.36. The molecule has 1 aromatic rings. The molecule has 0 saturated heterocycles. The van der Waals surface area contributed by atoms with Crippen molar-refractivity contribution in [2.45, 2.75) is 40.0 Å². The zero-order valence-electron chi connectivity index (χ0n) is 15.3. The van der Waals surface area contributed by atoms with Gasteiger partial charge < -0.3 is 15.0 Å². The van der Waals surface area contributed by atoms with E-state index in [2.05, 4.69) is 5.32 Å². The molecule has 1 N–H and O–H groups in total. The average molecular weight is 348 g/mol. The molecule has 0 aromatic heterocycles. The largest absolute Gasteiger partial charge is 0.494 e. The molecular formula is C19H28N2O4. The minimum atomic E-state index is -0.0894. The summed E-state index contributed by atoms with van der Waals surface area (Å²) in [5.41, 5.74) is 0.605. The Kier molecular flexibility index (Phi) is 9.29. The van der Waals surface area contributed by atoms with Crippen LogP contribution in [0.25, 0.3) is 0 Å². The van der Waals surface area contributed by atoms with Gasteiger partial charge in [-0.05, 0) is 39.3 Å². The highest BCUT2D eigenvalue weighted by molar-refractivity contribution is 5.94. The van der Waals surface area contributed by atoms with Crippen molar-refractivity contribution in [2.24, 2.45) is 0 Å². The number of amides is 2. The Bertz CT molecular complexity index is 583. The van der Waals surface area contributed by atoms with E-state index in [0.29, 0.717) is 56.8 Å². The second-order valence-electron chi connectivity index (χ2n) is 5.70. The molecule has 1 rings (SSSR count). The van der Waals surface area contributed by atoms with Crippen molar-refractivity contribution < 1.29 is 19.1 Å². The molecule has 0 bridgehead atoms. The maximum absolute atomic E-state index is 11.8. The van der Waals surface area contributed by atoms with E-state index in [-0.39, 0.29) is 17.6 Å². The number of hydrogen-bond acceptors (Lipinski definition) is 4. The van der Waals surface area contributed by atoms with E-state index in [0.717, 1.165) is 0 Å². The molecule has 6 heteroatoms. The lowest BCUT2D eigenvalue weighted by atomic mass is 10.1. The number of Topliss-reactive ketones (excluding diaryl/α,β-unsaturated/α-hetero) is 1. The van der Waals surface area contributed by atoms with Gasteiger partial charge in [0, 0.05) is 38.0 Å². The predicted molar refractivity (Wildman–Crippen MR) is 96.7 cm³/mol. The Balaban J connectivity index is 2.19. The first kappa shape index (κ1) is 20.7. The SMILES string of the molecule is CCN(CC)C(=O)CCNC(=O)CCCOc1cccc(C(C)=O)c1. The summed E-state index contributed by atoms with van der Waals surface area (Å²) in [5.74, 6) is 0.578. The van der Waals surface area contributed by atoms with Crippen LogP contribution < -0.4 is 10.1 Å². The summed E-state index contributed by atoms with van der Waals surface area (Å²) in [6.07, 6.45) is 1.23. The summed E-state index contributed by atoms with van der Waals surface area (Å²) in [5, 5.41) is 2.75. The van der Waals surface area contributed by atoms with Gasteiger partial charge in [0.05, 0.1) is 6.61 Å². The molecule has 0 saturated carbocycles. The minimum absolute atomic E-state index is 0.0101. The molecule has 0 radical (unpaired) electrons. The lowest BCUT2D eigenvalue weighted by Gasteiger charge is -2.18. The molecule has 0 spiro atoms. The van der Waals surface area contributed by atoms with Gasteiger partial charge in [-0.25, -0.2) is 0 Å². The topological polar surface area (TPSA) is 75.7 Å². The number of rotatable bonds is 11. The molecule has 0 fully saturated rings. The number of carbonyl (C=O) groups is 3. The van der Waals surface area contributed by atoms with Gasteiger partial charge in [-0.1, -0.05) is 12.1 Å². The van der Waals surface area contributed by atoms with Crippen molar-refractivity contribution in [1.29, 1.82) is 0 Å². The summed E-state index contributed by atoms with van der Waals surface area (Å²) in [6, 6.07) is 6.99. The first-order valence-electron chi connectivity index (χ1n) is 8.76. The Labute approximate surface area is 149 Å². The summed E-state index contributed by atoms with van der Waals surface area (Å²) < 4.78 is 5.56. The Morgan fingerprint density at radius 2 is 1.84 bits per heavy atom. The smallest absolute Gasteiger partial charge is 0.224 e.